The Kier molecular flexibility index (Phi) is 4.70. The number of methoxy groups -OCH3 is 2. The van der Waals surface area contributed by atoms with E-state index in [0.717, 1.165) is 5.56 Å². The molecule has 0 heterocycles. The van der Waals surface area contributed by atoms with Gasteiger partial charge in [0.05, 0.1) is 19.8 Å². The number of phenols is 1. The first kappa shape index (κ1) is 14.8. The standard InChI is InChI=1S/C17H16O4/c1-20-13-10-15(19)17(16(11-13)21-2)14(18)9-8-12-6-4-3-5-7-12/h3-7,10-11,14,18-19H,1-2H3. The molecule has 1 atom stereocenters. The zero-order chi connectivity index (χ0) is 15.2. The van der Waals surface area contributed by atoms with Crippen molar-refractivity contribution in [3.05, 3.63) is 53.6 Å². The van der Waals surface area contributed by atoms with Crippen LogP contribution in [-0.4, -0.2) is 24.4 Å². The van der Waals surface area contributed by atoms with E-state index in [-0.39, 0.29) is 11.3 Å². The summed E-state index contributed by atoms with van der Waals surface area (Å²) < 4.78 is 10.2. The number of rotatable bonds is 3. The summed E-state index contributed by atoms with van der Waals surface area (Å²) in [4.78, 5) is 0. The molecule has 4 nitrogen and oxygen atoms in total. The summed E-state index contributed by atoms with van der Waals surface area (Å²) >= 11 is 0. The molecule has 2 aromatic rings. The van der Waals surface area contributed by atoms with Crippen LogP contribution in [0.4, 0.5) is 0 Å². The zero-order valence-electron chi connectivity index (χ0n) is 11.8. The number of ether oxygens (including phenoxy) is 2. The molecule has 0 bridgehead atoms. The molecule has 108 valence electrons. The van der Waals surface area contributed by atoms with Crippen LogP contribution in [0.2, 0.25) is 0 Å². The highest BCUT2D eigenvalue weighted by Crippen LogP contribution is 2.37. The molecule has 0 aliphatic heterocycles. The number of hydrogen-bond acceptors (Lipinski definition) is 4. The molecular weight excluding hydrogens is 268 g/mol. The Hall–Kier alpha value is -2.64. The average Bonchev–Trinajstić information content (AvgIpc) is 2.52. The molecule has 0 saturated heterocycles. The molecule has 0 aliphatic rings. The van der Waals surface area contributed by atoms with Gasteiger partial charge in [-0.2, -0.15) is 0 Å². The number of aliphatic hydroxyl groups is 1. The predicted octanol–water partition coefficient (Wildman–Crippen LogP) is 2.49. The van der Waals surface area contributed by atoms with Crippen LogP contribution in [0, 0.1) is 11.8 Å². The van der Waals surface area contributed by atoms with Crippen LogP contribution in [-0.2, 0) is 0 Å². The highest BCUT2D eigenvalue weighted by atomic mass is 16.5. The Labute approximate surface area is 123 Å². The van der Waals surface area contributed by atoms with Crippen LogP contribution in [0.5, 0.6) is 17.2 Å². The quantitative estimate of drug-likeness (QED) is 0.850. The fourth-order valence-corrected chi connectivity index (χ4v) is 1.89. The van der Waals surface area contributed by atoms with Crippen molar-refractivity contribution in [2.75, 3.05) is 14.2 Å². The third kappa shape index (κ3) is 3.47. The van der Waals surface area contributed by atoms with E-state index in [1.165, 1.54) is 20.3 Å². The second-order valence-corrected chi connectivity index (χ2v) is 4.30. The molecule has 0 fully saturated rings. The van der Waals surface area contributed by atoms with Crippen molar-refractivity contribution < 1.29 is 19.7 Å². The van der Waals surface area contributed by atoms with Gasteiger partial charge in [0.15, 0.2) is 0 Å². The maximum absolute atomic E-state index is 10.2. The van der Waals surface area contributed by atoms with Crippen molar-refractivity contribution in [3.8, 4) is 29.1 Å². The summed E-state index contributed by atoms with van der Waals surface area (Å²) in [6.45, 7) is 0. The van der Waals surface area contributed by atoms with Gasteiger partial charge >= 0.3 is 0 Å². The largest absolute Gasteiger partial charge is 0.507 e. The fourth-order valence-electron chi connectivity index (χ4n) is 1.89. The lowest BCUT2D eigenvalue weighted by Gasteiger charge is -2.13. The lowest BCUT2D eigenvalue weighted by Crippen LogP contribution is -2.00. The molecule has 0 radical (unpaired) electrons. The molecule has 0 saturated carbocycles. The summed E-state index contributed by atoms with van der Waals surface area (Å²) in [6.07, 6.45) is -1.16. The number of hydrogen-bond donors (Lipinski definition) is 2. The van der Waals surface area contributed by atoms with Crippen LogP contribution >= 0.6 is 0 Å². The molecule has 2 rings (SSSR count). The van der Waals surface area contributed by atoms with Crippen LogP contribution in [0.25, 0.3) is 0 Å². The fraction of sp³-hybridized carbons (Fsp3) is 0.176. The molecule has 1 unspecified atom stereocenters. The molecular formula is C17H16O4. The summed E-state index contributed by atoms with van der Waals surface area (Å²) in [5.74, 6) is 6.18. The molecule has 0 aliphatic carbocycles. The second-order valence-electron chi connectivity index (χ2n) is 4.30. The van der Waals surface area contributed by atoms with Gasteiger partial charge in [-0.1, -0.05) is 30.0 Å². The van der Waals surface area contributed by atoms with Gasteiger partial charge < -0.3 is 19.7 Å². The van der Waals surface area contributed by atoms with Crippen LogP contribution in [0.3, 0.4) is 0 Å². The third-order valence-corrected chi connectivity index (χ3v) is 2.95. The van der Waals surface area contributed by atoms with Gasteiger partial charge in [-0.15, -0.1) is 0 Å². The van der Waals surface area contributed by atoms with E-state index in [2.05, 4.69) is 11.8 Å². The molecule has 4 heteroatoms. The monoisotopic (exact) mass is 284 g/mol. The van der Waals surface area contributed by atoms with Gasteiger partial charge in [0.1, 0.15) is 23.4 Å². The lowest BCUT2D eigenvalue weighted by atomic mass is 10.1. The number of benzene rings is 2. The topological polar surface area (TPSA) is 58.9 Å². The summed E-state index contributed by atoms with van der Waals surface area (Å²) in [5, 5.41) is 20.2. The van der Waals surface area contributed by atoms with Crippen molar-refractivity contribution in [3.63, 3.8) is 0 Å². The molecule has 0 amide bonds. The van der Waals surface area contributed by atoms with E-state index in [1.807, 2.05) is 30.3 Å². The van der Waals surface area contributed by atoms with Gasteiger partial charge in [0.25, 0.3) is 0 Å². The Bertz CT molecular complexity index is 668. The second kappa shape index (κ2) is 6.69. The zero-order valence-corrected chi connectivity index (χ0v) is 11.8. The summed E-state index contributed by atoms with van der Waals surface area (Å²) in [5.41, 5.74) is 1.00. The molecule has 21 heavy (non-hydrogen) atoms. The van der Waals surface area contributed by atoms with Gasteiger partial charge in [0, 0.05) is 17.7 Å². The number of phenolic OH excluding ortho intramolecular Hbond substituents is 1. The molecule has 0 aromatic heterocycles. The third-order valence-electron chi connectivity index (χ3n) is 2.95. The number of aliphatic hydroxyl groups excluding tert-OH is 1. The minimum atomic E-state index is -1.16. The smallest absolute Gasteiger partial charge is 0.147 e. The van der Waals surface area contributed by atoms with Crippen molar-refractivity contribution in [2.24, 2.45) is 0 Å². The maximum atomic E-state index is 10.2. The number of aromatic hydroxyl groups is 1. The first-order valence-electron chi connectivity index (χ1n) is 6.35. The summed E-state index contributed by atoms with van der Waals surface area (Å²) in [6, 6.07) is 12.3. The van der Waals surface area contributed by atoms with E-state index in [0.29, 0.717) is 11.5 Å². The highest BCUT2D eigenvalue weighted by Gasteiger charge is 2.18. The molecule has 2 N–H and O–H groups in total. The molecule has 2 aromatic carbocycles. The van der Waals surface area contributed by atoms with Crippen LogP contribution < -0.4 is 9.47 Å². The average molecular weight is 284 g/mol. The summed E-state index contributed by atoms with van der Waals surface area (Å²) in [7, 11) is 2.94. The normalized spacial score (nSPS) is 11.2. The minimum Gasteiger partial charge on any atom is -0.507 e. The van der Waals surface area contributed by atoms with Crippen molar-refractivity contribution in [1.82, 2.24) is 0 Å². The van der Waals surface area contributed by atoms with Crippen LogP contribution in [0.1, 0.15) is 17.2 Å². The Morgan fingerprint density at radius 2 is 1.76 bits per heavy atom. The first-order valence-corrected chi connectivity index (χ1v) is 6.35. The van der Waals surface area contributed by atoms with E-state index in [4.69, 9.17) is 9.47 Å². The van der Waals surface area contributed by atoms with Crippen molar-refractivity contribution in [2.45, 2.75) is 6.10 Å². The van der Waals surface area contributed by atoms with Gasteiger partial charge in [-0.25, -0.2) is 0 Å². The molecule has 0 spiro atoms. The first-order chi connectivity index (χ1) is 10.2. The lowest BCUT2D eigenvalue weighted by molar-refractivity contribution is 0.226. The predicted molar refractivity (Wildman–Crippen MR) is 79.5 cm³/mol. The van der Waals surface area contributed by atoms with Crippen LogP contribution in [0.15, 0.2) is 42.5 Å². The Balaban J connectivity index is 2.35. The van der Waals surface area contributed by atoms with E-state index >= 15 is 0 Å². The highest BCUT2D eigenvalue weighted by molar-refractivity contribution is 5.53. The van der Waals surface area contributed by atoms with E-state index in [1.54, 1.807) is 6.07 Å². The SMILES string of the molecule is COc1cc(O)c(C(O)C#Cc2ccccc2)c(OC)c1. The van der Waals surface area contributed by atoms with Crippen molar-refractivity contribution >= 4 is 0 Å². The van der Waals surface area contributed by atoms with E-state index < -0.39 is 6.10 Å². The Morgan fingerprint density at radius 3 is 2.38 bits per heavy atom. The van der Waals surface area contributed by atoms with Gasteiger partial charge in [-0.05, 0) is 12.1 Å². The van der Waals surface area contributed by atoms with Crippen molar-refractivity contribution in [1.29, 1.82) is 0 Å². The van der Waals surface area contributed by atoms with Gasteiger partial charge in [-0.3, -0.25) is 0 Å². The maximum Gasteiger partial charge on any atom is 0.147 e. The Morgan fingerprint density at radius 1 is 1.05 bits per heavy atom. The van der Waals surface area contributed by atoms with Gasteiger partial charge in [0.2, 0.25) is 0 Å². The van der Waals surface area contributed by atoms with E-state index in [9.17, 15) is 10.2 Å². The minimum absolute atomic E-state index is 0.124.